The van der Waals surface area contributed by atoms with E-state index >= 15 is 0 Å². The molecule has 0 unspecified atom stereocenters. The fourth-order valence-electron chi connectivity index (χ4n) is 3.33. The van der Waals surface area contributed by atoms with Crippen molar-refractivity contribution in [1.29, 1.82) is 0 Å². The maximum absolute atomic E-state index is 6.29. The first-order valence-corrected chi connectivity index (χ1v) is 8.45. The van der Waals surface area contributed by atoms with Crippen LogP contribution in [0.25, 0.3) is 10.9 Å². The first kappa shape index (κ1) is 14.5. The van der Waals surface area contributed by atoms with Crippen molar-refractivity contribution in [2.24, 2.45) is 0 Å². The molecule has 1 aliphatic rings. The summed E-state index contributed by atoms with van der Waals surface area (Å²) < 4.78 is 0. The zero-order valence-electron chi connectivity index (χ0n) is 13.4. The van der Waals surface area contributed by atoms with Crippen molar-refractivity contribution in [3.05, 3.63) is 63.8 Å². The minimum Gasteiger partial charge on any atom is -0.355 e. The first-order valence-electron chi connectivity index (χ1n) is 8.07. The maximum atomic E-state index is 6.29. The van der Waals surface area contributed by atoms with Crippen molar-refractivity contribution in [2.45, 2.75) is 33.1 Å². The van der Waals surface area contributed by atoms with Gasteiger partial charge in [-0.15, -0.1) is 0 Å². The zero-order chi connectivity index (χ0) is 16.0. The number of hydrogen-bond acceptors (Lipinski definition) is 2. The smallest absolute Gasteiger partial charge is 0.0726 e. The van der Waals surface area contributed by atoms with E-state index in [2.05, 4.69) is 42.6 Å². The van der Waals surface area contributed by atoms with Crippen LogP contribution >= 0.6 is 11.6 Å². The van der Waals surface area contributed by atoms with Crippen LogP contribution < -0.4 is 5.32 Å². The summed E-state index contributed by atoms with van der Waals surface area (Å²) in [5, 5.41) is 5.61. The second-order valence-electron chi connectivity index (χ2n) is 6.38. The van der Waals surface area contributed by atoms with E-state index < -0.39 is 0 Å². The molecule has 2 aromatic carbocycles. The van der Waals surface area contributed by atoms with E-state index in [0.717, 1.165) is 34.6 Å². The molecule has 0 bridgehead atoms. The monoisotopic (exact) mass is 322 g/mol. The number of fused-ring (bicyclic) bond motifs is 2. The number of nitrogens with one attached hydrogen (secondary N) is 1. The van der Waals surface area contributed by atoms with Gasteiger partial charge in [-0.25, -0.2) is 0 Å². The van der Waals surface area contributed by atoms with Gasteiger partial charge in [-0.3, -0.25) is 4.98 Å². The Bertz CT molecular complexity index is 915. The molecule has 23 heavy (non-hydrogen) atoms. The third-order valence-electron chi connectivity index (χ3n) is 4.61. The van der Waals surface area contributed by atoms with Crippen LogP contribution in [-0.4, -0.2) is 4.98 Å². The third kappa shape index (κ3) is 2.57. The Morgan fingerprint density at radius 1 is 1.04 bits per heavy atom. The molecule has 0 saturated carbocycles. The molecule has 3 aromatic rings. The lowest BCUT2D eigenvalue weighted by atomic mass is 10.0. The van der Waals surface area contributed by atoms with E-state index in [0.29, 0.717) is 0 Å². The van der Waals surface area contributed by atoms with Crippen LogP contribution in [0.3, 0.4) is 0 Å². The normalized spacial score (nSPS) is 13.3. The number of hydrogen-bond donors (Lipinski definition) is 1. The third-order valence-corrected chi connectivity index (χ3v) is 5.02. The van der Waals surface area contributed by atoms with Crippen molar-refractivity contribution in [3.8, 4) is 0 Å². The number of rotatable bonds is 2. The summed E-state index contributed by atoms with van der Waals surface area (Å²) >= 11 is 6.29. The Labute approximate surface area is 141 Å². The van der Waals surface area contributed by atoms with Crippen LogP contribution in [-0.2, 0) is 12.8 Å². The number of nitrogens with zero attached hydrogens (tertiary/aromatic N) is 1. The lowest BCUT2D eigenvalue weighted by Gasteiger charge is -2.16. The Morgan fingerprint density at radius 3 is 2.74 bits per heavy atom. The van der Waals surface area contributed by atoms with Gasteiger partial charge in [0.15, 0.2) is 0 Å². The van der Waals surface area contributed by atoms with Crippen LogP contribution in [0.5, 0.6) is 0 Å². The fraction of sp³-hybridized carbons (Fsp3) is 0.250. The minimum atomic E-state index is 0.793. The van der Waals surface area contributed by atoms with E-state index in [4.69, 9.17) is 16.6 Å². The highest BCUT2D eigenvalue weighted by Gasteiger charge is 2.20. The highest BCUT2D eigenvalue weighted by Crippen LogP contribution is 2.36. The predicted molar refractivity (Wildman–Crippen MR) is 98.0 cm³/mol. The molecule has 0 atom stereocenters. The molecule has 0 radical (unpaired) electrons. The summed E-state index contributed by atoms with van der Waals surface area (Å²) in [6.45, 7) is 4.15. The minimum absolute atomic E-state index is 0.793. The van der Waals surface area contributed by atoms with Crippen molar-refractivity contribution in [1.82, 2.24) is 4.98 Å². The molecule has 1 aromatic heterocycles. The molecule has 1 aliphatic carbocycles. The van der Waals surface area contributed by atoms with Crippen molar-refractivity contribution in [3.63, 3.8) is 0 Å². The van der Waals surface area contributed by atoms with Crippen LogP contribution in [0, 0.1) is 13.8 Å². The molecule has 1 N–H and O–H groups in total. The topological polar surface area (TPSA) is 24.9 Å². The molecule has 0 amide bonds. The van der Waals surface area contributed by atoms with E-state index in [-0.39, 0.29) is 0 Å². The largest absolute Gasteiger partial charge is 0.355 e. The molecule has 2 nitrogen and oxygen atoms in total. The lowest BCUT2D eigenvalue weighted by Crippen LogP contribution is -2.00. The number of benzene rings is 2. The summed E-state index contributed by atoms with van der Waals surface area (Å²) in [6.07, 6.45) is 3.34. The summed E-state index contributed by atoms with van der Waals surface area (Å²) in [5.74, 6) is 0. The quantitative estimate of drug-likeness (QED) is 0.651. The van der Waals surface area contributed by atoms with Gasteiger partial charge in [0.25, 0.3) is 0 Å². The van der Waals surface area contributed by atoms with Crippen molar-refractivity contribution >= 4 is 33.9 Å². The Kier molecular flexibility index (Phi) is 3.50. The summed E-state index contributed by atoms with van der Waals surface area (Å²) in [5.41, 5.74) is 8.24. The van der Waals surface area contributed by atoms with Crippen LogP contribution in [0.4, 0.5) is 11.4 Å². The molecule has 0 aliphatic heterocycles. The predicted octanol–water partition coefficient (Wildman–Crippen LogP) is 5.74. The zero-order valence-corrected chi connectivity index (χ0v) is 14.2. The van der Waals surface area contributed by atoms with Gasteiger partial charge >= 0.3 is 0 Å². The van der Waals surface area contributed by atoms with Gasteiger partial charge < -0.3 is 5.32 Å². The second-order valence-corrected chi connectivity index (χ2v) is 6.78. The van der Waals surface area contributed by atoms with Crippen LogP contribution in [0.1, 0.15) is 28.8 Å². The molecule has 0 saturated heterocycles. The summed E-state index contributed by atoms with van der Waals surface area (Å²) in [4.78, 5) is 4.86. The van der Waals surface area contributed by atoms with E-state index in [1.807, 2.05) is 13.0 Å². The summed E-state index contributed by atoms with van der Waals surface area (Å²) in [6, 6.07) is 12.6. The summed E-state index contributed by atoms with van der Waals surface area (Å²) in [7, 11) is 0. The molecule has 1 heterocycles. The average molecular weight is 323 g/mol. The molecule has 4 rings (SSSR count). The number of pyridine rings is 1. The first-order chi connectivity index (χ1) is 11.1. The highest BCUT2D eigenvalue weighted by atomic mass is 35.5. The van der Waals surface area contributed by atoms with Crippen molar-refractivity contribution < 1.29 is 0 Å². The van der Waals surface area contributed by atoms with Gasteiger partial charge in [0, 0.05) is 21.8 Å². The molecule has 3 heteroatoms. The number of aryl methyl sites for hydroxylation is 3. The highest BCUT2D eigenvalue weighted by molar-refractivity contribution is 6.31. The molecule has 116 valence electrons. The number of anilines is 2. The van der Waals surface area contributed by atoms with Gasteiger partial charge in [0.05, 0.1) is 11.2 Å². The number of halogens is 1. The maximum Gasteiger partial charge on any atom is 0.0726 e. The molecular weight excluding hydrogens is 304 g/mol. The second kappa shape index (κ2) is 5.54. The molecular formula is C20H19ClN2. The standard InChI is InChI=1S/C20H19ClN2/c1-12-6-9-19-16(10-12)20(15-4-3-5-18(15)23-19)22-14-8-7-13(2)17(21)11-14/h6-11H,3-5H2,1-2H3,(H,22,23). The fourth-order valence-corrected chi connectivity index (χ4v) is 3.51. The SMILES string of the molecule is Cc1ccc2nc3c(c(Nc4ccc(C)c(Cl)c4)c2c1)CCC3. The van der Waals surface area contributed by atoms with Gasteiger partial charge in [-0.2, -0.15) is 0 Å². The molecule has 0 fully saturated rings. The van der Waals surface area contributed by atoms with Crippen LogP contribution in [0.2, 0.25) is 5.02 Å². The van der Waals surface area contributed by atoms with Gasteiger partial charge in [-0.05, 0) is 68.5 Å². The van der Waals surface area contributed by atoms with E-state index in [1.165, 1.54) is 34.3 Å². The van der Waals surface area contributed by atoms with Crippen LogP contribution in [0.15, 0.2) is 36.4 Å². The Morgan fingerprint density at radius 2 is 1.91 bits per heavy atom. The average Bonchev–Trinajstić information content (AvgIpc) is 2.99. The van der Waals surface area contributed by atoms with Crippen molar-refractivity contribution in [2.75, 3.05) is 5.32 Å². The van der Waals surface area contributed by atoms with Gasteiger partial charge in [0.1, 0.15) is 0 Å². The lowest BCUT2D eigenvalue weighted by molar-refractivity contribution is 0.901. The Balaban J connectivity index is 1.90. The van der Waals surface area contributed by atoms with E-state index in [9.17, 15) is 0 Å². The van der Waals surface area contributed by atoms with E-state index in [1.54, 1.807) is 0 Å². The van der Waals surface area contributed by atoms with Gasteiger partial charge in [0.2, 0.25) is 0 Å². The van der Waals surface area contributed by atoms with Gasteiger partial charge in [-0.1, -0.05) is 29.3 Å². The Hall–Kier alpha value is -2.06. The molecule has 0 spiro atoms. The number of aromatic nitrogens is 1.